The highest BCUT2D eigenvalue weighted by Crippen LogP contribution is 2.26. The number of thiazole rings is 1. The molecule has 0 aliphatic carbocycles. The lowest BCUT2D eigenvalue weighted by Gasteiger charge is -2.35. The Hall–Kier alpha value is -2.94. The lowest BCUT2D eigenvalue weighted by Crippen LogP contribution is -2.50. The summed E-state index contributed by atoms with van der Waals surface area (Å²) in [6.07, 6.45) is 0. The van der Waals surface area contributed by atoms with Gasteiger partial charge < -0.3 is 20.9 Å². The van der Waals surface area contributed by atoms with Crippen LogP contribution in [0.5, 0.6) is 0 Å². The van der Waals surface area contributed by atoms with Crippen molar-refractivity contribution < 1.29 is 4.79 Å². The molecule has 1 aromatic carbocycles. The summed E-state index contributed by atoms with van der Waals surface area (Å²) in [5.41, 5.74) is 10.3. The Morgan fingerprint density at radius 2 is 1.88 bits per heavy atom. The van der Waals surface area contributed by atoms with Gasteiger partial charge in [-0.25, -0.2) is 14.8 Å². The molecule has 0 unspecified atom stereocenters. The van der Waals surface area contributed by atoms with Crippen LogP contribution in [0.25, 0.3) is 10.3 Å². The highest BCUT2D eigenvalue weighted by Gasteiger charge is 2.24. The van der Waals surface area contributed by atoms with E-state index in [4.69, 9.17) is 5.73 Å². The fraction of sp³-hybridized carbons (Fsp3) is 0.294. The summed E-state index contributed by atoms with van der Waals surface area (Å²) in [5.74, 6) is 0.989. The third-order valence-electron chi connectivity index (χ3n) is 4.37. The molecule has 8 nitrogen and oxygen atoms in total. The van der Waals surface area contributed by atoms with Crippen LogP contribution in [0.15, 0.2) is 29.8 Å². The van der Waals surface area contributed by atoms with Crippen LogP contribution < -0.4 is 16.0 Å². The van der Waals surface area contributed by atoms with Crippen LogP contribution >= 0.6 is 11.3 Å². The molecule has 1 aliphatic rings. The summed E-state index contributed by atoms with van der Waals surface area (Å²) in [7, 11) is 0. The second kappa shape index (κ2) is 6.75. The highest BCUT2D eigenvalue weighted by molar-refractivity contribution is 7.16. The van der Waals surface area contributed by atoms with Crippen molar-refractivity contribution in [2.24, 2.45) is 0 Å². The number of carbonyl (C=O) groups is 1. The van der Waals surface area contributed by atoms with Gasteiger partial charge in [-0.2, -0.15) is 4.98 Å². The SMILES string of the molecule is Cc1ccc(NC(=O)N2CCN(c3nc(N)nc4scnc34)CC2)cc1. The zero-order valence-electron chi connectivity index (χ0n) is 14.3. The molecule has 0 saturated carbocycles. The second-order valence-corrected chi connectivity index (χ2v) is 7.02. The van der Waals surface area contributed by atoms with E-state index in [1.165, 1.54) is 11.3 Å². The first-order chi connectivity index (χ1) is 12.6. The van der Waals surface area contributed by atoms with Crippen LogP contribution in [0.1, 0.15) is 5.56 Å². The maximum Gasteiger partial charge on any atom is 0.321 e. The number of piperazine rings is 1. The zero-order chi connectivity index (χ0) is 18.1. The lowest BCUT2D eigenvalue weighted by molar-refractivity contribution is 0.208. The molecule has 2 aromatic heterocycles. The molecule has 2 amide bonds. The van der Waals surface area contributed by atoms with Gasteiger partial charge in [0.1, 0.15) is 5.52 Å². The fourth-order valence-electron chi connectivity index (χ4n) is 2.94. The van der Waals surface area contributed by atoms with Crippen molar-refractivity contribution in [2.45, 2.75) is 6.92 Å². The van der Waals surface area contributed by atoms with Crippen LogP contribution in [-0.4, -0.2) is 52.1 Å². The number of nitrogens with two attached hydrogens (primary N) is 1. The number of hydrogen-bond donors (Lipinski definition) is 2. The lowest BCUT2D eigenvalue weighted by atomic mass is 10.2. The standard InChI is InChI=1S/C17H19N7OS/c1-11-2-4-12(5-3-11)20-17(25)24-8-6-23(7-9-24)14-13-15(26-10-19-13)22-16(18)21-14/h2-5,10H,6-9H2,1H3,(H,20,25)(H2,18,21,22). The first-order valence-corrected chi connectivity index (χ1v) is 9.22. The topological polar surface area (TPSA) is 100 Å². The Morgan fingerprint density at radius 3 is 2.62 bits per heavy atom. The molecule has 3 N–H and O–H groups in total. The van der Waals surface area contributed by atoms with Crippen LogP contribution in [0.2, 0.25) is 0 Å². The van der Waals surface area contributed by atoms with Crippen molar-refractivity contribution in [1.82, 2.24) is 19.9 Å². The number of nitrogens with zero attached hydrogens (tertiary/aromatic N) is 5. The molecule has 0 atom stereocenters. The number of aryl methyl sites for hydroxylation is 1. The third-order valence-corrected chi connectivity index (χ3v) is 5.09. The Kier molecular flexibility index (Phi) is 4.29. The Morgan fingerprint density at radius 1 is 1.15 bits per heavy atom. The van der Waals surface area contributed by atoms with Crippen molar-refractivity contribution in [3.63, 3.8) is 0 Å². The number of carbonyl (C=O) groups excluding carboxylic acids is 1. The number of nitrogens with one attached hydrogen (secondary N) is 1. The van der Waals surface area contributed by atoms with Gasteiger partial charge in [-0.1, -0.05) is 17.7 Å². The van der Waals surface area contributed by atoms with Crippen molar-refractivity contribution in [2.75, 3.05) is 42.1 Å². The van der Waals surface area contributed by atoms with E-state index in [1.54, 1.807) is 10.4 Å². The molecule has 0 radical (unpaired) electrons. The summed E-state index contributed by atoms with van der Waals surface area (Å²) < 4.78 is 0. The maximum absolute atomic E-state index is 12.5. The van der Waals surface area contributed by atoms with Gasteiger partial charge in [-0.05, 0) is 19.1 Å². The number of urea groups is 1. The van der Waals surface area contributed by atoms with Gasteiger partial charge in [0, 0.05) is 31.9 Å². The average Bonchev–Trinajstić information content (AvgIpc) is 3.11. The zero-order valence-corrected chi connectivity index (χ0v) is 15.2. The number of amides is 2. The van der Waals surface area contributed by atoms with Crippen molar-refractivity contribution in [1.29, 1.82) is 0 Å². The van der Waals surface area contributed by atoms with Crippen molar-refractivity contribution in [3.8, 4) is 0 Å². The van der Waals surface area contributed by atoms with E-state index >= 15 is 0 Å². The number of aromatic nitrogens is 3. The fourth-order valence-corrected chi connectivity index (χ4v) is 3.60. The number of anilines is 3. The molecular formula is C17H19N7OS. The van der Waals surface area contributed by atoms with Crippen LogP contribution in [0.4, 0.5) is 22.2 Å². The average molecular weight is 369 g/mol. The van der Waals surface area contributed by atoms with Crippen LogP contribution in [0.3, 0.4) is 0 Å². The van der Waals surface area contributed by atoms with E-state index in [9.17, 15) is 4.79 Å². The number of fused-ring (bicyclic) bond motifs is 1. The predicted octanol–water partition coefficient (Wildman–Crippen LogP) is 2.33. The molecule has 4 rings (SSSR count). The van der Waals surface area contributed by atoms with Gasteiger partial charge in [-0.15, -0.1) is 11.3 Å². The van der Waals surface area contributed by atoms with Gasteiger partial charge in [0.2, 0.25) is 5.95 Å². The van der Waals surface area contributed by atoms with Crippen molar-refractivity contribution >= 4 is 45.2 Å². The monoisotopic (exact) mass is 369 g/mol. The first kappa shape index (κ1) is 16.5. The van der Waals surface area contributed by atoms with E-state index in [0.717, 1.165) is 27.4 Å². The van der Waals surface area contributed by atoms with Crippen LogP contribution in [-0.2, 0) is 0 Å². The number of rotatable bonds is 2. The Labute approximate surface area is 154 Å². The van der Waals surface area contributed by atoms with Gasteiger partial charge in [0.25, 0.3) is 0 Å². The van der Waals surface area contributed by atoms with Gasteiger partial charge >= 0.3 is 6.03 Å². The normalized spacial score (nSPS) is 14.7. The third kappa shape index (κ3) is 3.25. The minimum Gasteiger partial charge on any atom is -0.368 e. The molecular weight excluding hydrogens is 350 g/mol. The van der Waals surface area contributed by atoms with E-state index in [0.29, 0.717) is 26.2 Å². The molecule has 1 fully saturated rings. The van der Waals surface area contributed by atoms with Crippen molar-refractivity contribution in [3.05, 3.63) is 35.3 Å². The van der Waals surface area contributed by atoms with E-state index in [1.807, 2.05) is 31.2 Å². The summed E-state index contributed by atoms with van der Waals surface area (Å²) in [6.45, 7) is 4.57. The molecule has 3 aromatic rings. The number of nitrogen functional groups attached to an aromatic ring is 1. The molecule has 1 aliphatic heterocycles. The summed E-state index contributed by atoms with van der Waals surface area (Å²) >= 11 is 1.44. The largest absolute Gasteiger partial charge is 0.368 e. The van der Waals surface area contributed by atoms with Crippen LogP contribution in [0, 0.1) is 6.92 Å². The molecule has 0 spiro atoms. The molecule has 1 saturated heterocycles. The number of hydrogen-bond acceptors (Lipinski definition) is 7. The van der Waals surface area contributed by atoms with Gasteiger partial charge in [0.15, 0.2) is 10.6 Å². The summed E-state index contributed by atoms with van der Waals surface area (Å²) in [6, 6.07) is 7.69. The summed E-state index contributed by atoms with van der Waals surface area (Å²) in [5, 5.41) is 2.94. The smallest absolute Gasteiger partial charge is 0.321 e. The molecule has 0 bridgehead atoms. The molecule has 9 heteroatoms. The minimum atomic E-state index is -0.0884. The Bertz CT molecular complexity index is 932. The van der Waals surface area contributed by atoms with Gasteiger partial charge in [-0.3, -0.25) is 0 Å². The van der Waals surface area contributed by atoms with E-state index in [2.05, 4.69) is 25.2 Å². The summed E-state index contributed by atoms with van der Waals surface area (Å²) in [4.78, 5) is 30.1. The minimum absolute atomic E-state index is 0.0884. The highest BCUT2D eigenvalue weighted by atomic mass is 32.1. The second-order valence-electron chi connectivity index (χ2n) is 6.18. The first-order valence-electron chi connectivity index (χ1n) is 8.34. The van der Waals surface area contributed by atoms with Gasteiger partial charge in [0.05, 0.1) is 5.51 Å². The molecule has 134 valence electrons. The van der Waals surface area contributed by atoms with E-state index < -0.39 is 0 Å². The maximum atomic E-state index is 12.5. The quantitative estimate of drug-likeness (QED) is 0.719. The molecule has 3 heterocycles. The molecule has 26 heavy (non-hydrogen) atoms. The van der Waals surface area contributed by atoms with E-state index in [-0.39, 0.29) is 12.0 Å². The number of benzene rings is 1. The Balaban J connectivity index is 1.42. The predicted molar refractivity (Wildman–Crippen MR) is 104 cm³/mol.